The molecule has 5 nitrogen and oxygen atoms in total. The molecule has 0 amide bonds. The lowest BCUT2D eigenvalue weighted by atomic mass is 9.88. The third kappa shape index (κ3) is 2.92. The van der Waals surface area contributed by atoms with Crippen molar-refractivity contribution in [3.05, 3.63) is 47.0 Å². The minimum Gasteiger partial charge on any atom is -0.508 e. The topological polar surface area (TPSA) is 73.2 Å². The highest BCUT2D eigenvalue weighted by molar-refractivity contribution is 5.49. The first-order chi connectivity index (χ1) is 11.0. The van der Waals surface area contributed by atoms with Crippen molar-refractivity contribution in [1.29, 1.82) is 0 Å². The number of ether oxygens (including phenoxy) is 1. The van der Waals surface area contributed by atoms with E-state index in [1.54, 1.807) is 19.2 Å². The molecule has 1 heterocycles. The average Bonchev–Trinajstić information content (AvgIpc) is 2.53. The zero-order valence-corrected chi connectivity index (χ0v) is 13.3. The minimum atomic E-state index is 0.0169. The van der Waals surface area contributed by atoms with Gasteiger partial charge in [0.05, 0.1) is 7.11 Å². The summed E-state index contributed by atoms with van der Waals surface area (Å²) in [6.07, 6.45) is 1.43. The number of hydrogen-bond acceptors (Lipinski definition) is 5. The summed E-state index contributed by atoms with van der Waals surface area (Å²) in [4.78, 5) is 2.19. The van der Waals surface area contributed by atoms with E-state index in [0.717, 1.165) is 24.1 Å². The van der Waals surface area contributed by atoms with Gasteiger partial charge in [0.15, 0.2) is 11.5 Å². The van der Waals surface area contributed by atoms with Crippen LogP contribution in [-0.4, -0.2) is 40.9 Å². The molecule has 3 rings (SSSR count). The number of likely N-dealkylation sites (N-methyl/N-ethyl adjacent to an activating group) is 1. The summed E-state index contributed by atoms with van der Waals surface area (Å²) in [5.74, 6) is 0.897. The van der Waals surface area contributed by atoms with Crippen LogP contribution < -0.4 is 4.74 Å². The maximum absolute atomic E-state index is 10.1. The first-order valence-corrected chi connectivity index (χ1v) is 7.60. The monoisotopic (exact) mass is 315 g/mol. The third-order valence-corrected chi connectivity index (χ3v) is 4.54. The van der Waals surface area contributed by atoms with Crippen LogP contribution in [0, 0.1) is 0 Å². The van der Waals surface area contributed by atoms with Crippen molar-refractivity contribution in [1.82, 2.24) is 4.90 Å². The Hall–Kier alpha value is -2.40. The highest BCUT2D eigenvalue weighted by Crippen LogP contribution is 2.39. The first kappa shape index (κ1) is 15.5. The highest BCUT2D eigenvalue weighted by atomic mass is 16.5. The van der Waals surface area contributed by atoms with Crippen LogP contribution in [0.5, 0.6) is 23.0 Å². The quantitative estimate of drug-likeness (QED) is 0.759. The second kappa shape index (κ2) is 6.01. The molecule has 5 heteroatoms. The lowest BCUT2D eigenvalue weighted by Crippen LogP contribution is -2.33. The summed E-state index contributed by atoms with van der Waals surface area (Å²) in [6.45, 7) is 0.880. The normalized spacial score (nSPS) is 17.7. The molecule has 1 atom stereocenters. The van der Waals surface area contributed by atoms with Gasteiger partial charge in [0, 0.05) is 12.6 Å². The zero-order chi connectivity index (χ0) is 16.6. The van der Waals surface area contributed by atoms with Crippen LogP contribution in [0.3, 0.4) is 0 Å². The molecule has 0 aromatic heterocycles. The lowest BCUT2D eigenvalue weighted by molar-refractivity contribution is 0.226. The summed E-state index contributed by atoms with van der Waals surface area (Å²) in [6, 6.07) is 8.19. The van der Waals surface area contributed by atoms with Crippen molar-refractivity contribution >= 4 is 0 Å². The minimum absolute atomic E-state index is 0.0169. The fraction of sp³-hybridized carbons (Fsp3) is 0.333. The number of benzene rings is 2. The molecular weight excluding hydrogens is 294 g/mol. The van der Waals surface area contributed by atoms with Crippen LogP contribution >= 0.6 is 0 Å². The molecule has 122 valence electrons. The van der Waals surface area contributed by atoms with Crippen LogP contribution in [0.1, 0.15) is 22.7 Å². The SMILES string of the molecule is COc1cc2c(cc1O)C(Cc1cc(O)ccc1O)N(C)CC2. The third-order valence-electron chi connectivity index (χ3n) is 4.54. The van der Waals surface area contributed by atoms with Gasteiger partial charge in [-0.1, -0.05) is 0 Å². The zero-order valence-electron chi connectivity index (χ0n) is 13.3. The first-order valence-electron chi connectivity index (χ1n) is 7.60. The molecule has 1 unspecified atom stereocenters. The van der Waals surface area contributed by atoms with Gasteiger partial charge >= 0.3 is 0 Å². The summed E-state index contributed by atoms with van der Waals surface area (Å²) in [5.41, 5.74) is 2.85. The summed E-state index contributed by atoms with van der Waals surface area (Å²) < 4.78 is 5.19. The van der Waals surface area contributed by atoms with Crippen molar-refractivity contribution in [3.8, 4) is 23.0 Å². The van der Waals surface area contributed by atoms with E-state index in [9.17, 15) is 15.3 Å². The Labute approximate surface area is 135 Å². The van der Waals surface area contributed by atoms with Gasteiger partial charge in [0.1, 0.15) is 11.5 Å². The van der Waals surface area contributed by atoms with E-state index in [4.69, 9.17) is 4.74 Å². The Morgan fingerprint density at radius 3 is 2.65 bits per heavy atom. The van der Waals surface area contributed by atoms with E-state index in [0.29, 0.717) is 17.7 Å². The Morgan fingerprint density at radius 2 is 1.91 bits per heavy atom. The number of nitrogens with zero attached hydrogens (tertiary/aromatic N) is 1. The lowest BCUT2D eigenvalue weighted by Gasteiger charge is -2.35. The molecule has 0 radical (unpaired) electrons. The number of rotatable bonds is 3. The number of phenols is 3. The van der Waals surface area contributed by atoms with E-state index >= 15 is 0 Å². The molecule has 2 aromatic rings. The second-order valence-corrected chi connectivity index (χ2v) is 5.99. The molecule has 2 aromatic carbocycles. The van der Waals surface area contributed by atoms with Crippen molar-refractivity contribution in [2.75, 3.05) is 20.7 Å². The van der Waals surface area contributed by atoms with Crippen LogP contribution in [0.15, 0.2) is 30.3 Å². The van der Waals surface area contributed by atoms with Gasteiger partial charge < -0.3 is 20.1 Å². The van der Waals surface area contributed by atoms with Gasteiger partial charge in [-0.05, 0) is 66.9 Å². The largest absolute Gasteiger partial charge is 0.508 e. The summed E-state index contributed by atoms with van der Waals surface area (Å²) in [5, 5.41) is 29.8. The van der Waals surface area contributed by atoms with Crippen LogP contribution in [0.2, 0.25) is 0 Å². The number of methoxy groups -OCH3 is 1. The summed E-state index contributed by atoms with van der Waals surface area (Å²) >= 11 is 0. The van der Waals surface area contributed by atoms with E-state index in [1.165, 1.54) is 12.1 Å². The van der Waals surface area contributed by atoms with Gasteiger partial charge in [0.25, 0.3) is 0 Å². The molecule has 0 bridgehead atoms. The smallest absolute Gasteiger partial charge is 0.160 e. The Morgan fingerprint density at radius 1 is 1.13 bits per heavy atom. The number of hydrogen-bond donors (Lipinski definition) is 3. The standard InChI is InChI=1S/C18H21NO4/c1-19-6-5-11-9-18(23-2)17(22)10-14(11)15(19)8-12-7-13(20)3-4-16(12)21/h3-4,7,9-10,15,20-22H,5-6,8H2,1-2H3. The van der Waals surface area contributed by atoms with Gasteiger partial charge in [0.2, 0.25) is 0 Å². The maximum Gasteiger partial charge on any atom is 0.160 e. The molecule has 1 aliphatic rings. The van der Waals surface area contributed by atoms with Crippen molar-refractivity contribution < 1.29 is 20.1 Å². The van der Waals surface area contributed by atoms with E-state index in [1.807, 2.05) is 13.1 Å². The molecule has 0 saturated heterocycles. The molecule has 23 heavy (non-hydrogen) atoms. The summed E-state index contributed by atoms with van der Waals surface area (Å²) in [7, 11) is 3.56. The van der Waals surface area contributed by atoms with Crippen LogP contribution in [0.4, 0.5) is 0 Å². The molecular formula is C18H21NO4. The number of phenolic OH excluding ortho intramolecular Hbond substituents is 3. The fourth-order valence-corrected chi connectivity index (χ4v) is 3.22. The molecule has 0 saturated carbocycles. The number of fused-ring (bicyclic) bond motifs is 1. The number of aromatic hydroxyl groups is 3. The van der Waals surface area contributed by atoms with E-state index < -0.39 is 0 Å². The van der Waals surface area contributed by atoms with Crippen molar-refractivity contribution in [2.45, 2.75) is 18.9 Å². The average molecular weight is 315 g/mol. The molecule has 0 aliphatic carbocycles. The van der Waals surface area contributed by atoms with Crippen LogP contribution in [-0.2, 0) is 12.8 Å². The van der Waals surface area contributed by atoms with Gasteiger partial charge in [-0.2, -0.15) is 0 Å². The Balaban J connectivity index is 2.00. The van der Waals surface area contributed by atoms with Gasteiger partial charge in [-0.15, -0.1) is 0 Å². The molecule has 0 fully saturated rings. The molecule has 3 N–H and O–H groups in total. The van der Waals surface area contributed by atoms with Gasteiger partial charge in [-0.25, -0.2) is 0 Å². The molecule has 0 spiro atoms. The second-order valence-electron chi connectivity index (χ2n) is 5.99. The van der Waals surface area contributed by atoms with Gasteiger partial charge in [-0.3, -0.25) is 4.90 Å². The molecule has 1 aliphatic heterocycles. The van der Waals surface area contributed by atoms with E-state index in [-0.39, 0.29) is 23.3 Å². The highest BCUT2D eigenvalue weighted by Gasteiger charge is 2.27. The Kier molecular flexibility index (Phi) is 4.05. The van der Waals surface area contributed by atoms with Crippen LogP contribution in [0.25, 0.3) is 0 Å². The van der Waals surface area contributed by atoms with E-state index in [2.05, 4.69) is 4.90 Å². The maximum atomic E-state index is 10.1. The predicted molar refractivity (Wildman–Crippen MR) is 87.2 cm³/mol. The fourth-order valence-electron chi connectivity index (χ4n) is 3.22. The Bertz CT molecular complexity index is 729. The van der Waals surface area contributed by atoms with Crippen molar-refractivity contribution in [2.24, 2.45) is 0 Å². The van der Waals surface area contributed by atoms with Crippen molar-refractivity contribution in [3.63, 3.8) is 0 Å². The predicted octanol–water partition coefficient (Wildman–Crippen LogP) is 2.58.